The van der Waals surface area contributed by atoms with Gasteiger partial charge in [-0.15, -0.1) is 0 Å². The Kier molecular flexibility index (Phi) is 7.08. The van der Waals surface area contributed by atoms with E-state index in [9.17, 15) is 18.8 Å². The fourth-order valence-electron chi connectivity index (χ4n) is 5.45. The summed E-state index contributed by atoms with van der Waals surface area (Å²) in [4.78, 5) is 44.2. The smallest absolute Gasteiger partial charge is 0.328 e. The Morgan fingerprint density at radius 3 is 2.44 bits per heavy atom. The number of hydrogen-bond acceptors (Lipinski definition) is 8. The number of carbonyl (C=O) groups is 1. The molecule has 1 fully saturated rings. The molecule has 0 saturated carbocycles. The van der Waals surface area contributed by atoms with Crippen LogP contribution in [0.25, 0.3) is 10.8 Å². The zero-order chi connectivity index (χ0) is 27.8. The van der Waals surface area contributed by atoms with Gasteiger partial charge in [-0.25, -0.2) is 14.2 Å². The van der Waals surface area contributed by atoms with E-state index >= 15 is 0 Å². The van der Waals surface area contributed by atoms with Crippen LogP contribution < -0.4 is 26.4 Å². The van der Waals surface area contributed by atoms with Gasteiger partial charge in [0.1, 0.15) is 29.1 Å². The molecule has 5 rings (SSSR count). The van der Waals surface area contributed by atoms with E-state index in [1.807, 2.05) is 56.0 Å². The van der Waals surface area contributed by atoms with Gasteiger partial charge in [-0.1, -0.05) is 18.2 Å². The van der Waals surface area contributed by atoms with Gasteiger partial charge in [0.15, 0.2) is 0 Å². The molecule has 9 heteroatoms. The number of ether oxygens (including phenoxy) is 1. The maximum Gasteiger partial charge on any atom is 0.328 e. The summed E-state index contributed by atoms with van der Waals surface area (Å²) < 4.78 is 18.9. The standard InChI is InChI=1S/C30H31FN4O4/c1-16-13-20-9-10-21(31)15-23(20)29(32-16)33-22-11-7-19(8-12-22)14-24(30(38)39-4)34-25-26(28(37)27(25)36)35-17(2)5-6-18(35)3/h7-13,15,17-18,24,34H,5-6,14H2,1-4H3,(H,32,33)/t17-,18+,24-/m0/s1. The summed E-state index contributed by atoms with van der Waals surface area (Å²) in [5.74, 6) is -0.327. The zero-order valence-corrected chi connectivity index (χ0v) is 22.4. The van der Waals surface area contributed by atoms with Crippen molar-refractivity contribution in [3.63, 3.8) is 0 Å². The molecule has 0 aliphatic carbocycles. The molecule has 1 aliphatic rings. The number of fused-ring (bicyclic) bond motifs is 1. The average molecular weight is 531 g/mol. The van der Waals surface area contributed by atoms with Crippen LogP contribution in [0.1, 0.15) is 37.9 Å². The van der Waals surface area contributed by atoms with Crippen molar-refractivity contribution in [2.45, 2.75) is 58.2 Å². The second kappa shape index (κ2) is 10.5. The number of methoxy groups -OCH3 is 1. The number of halogens is 1. The third-order valence-corrected chi connectivity index (χ3v) is 7.48. The Labute approximate surface area is 225 Å². The molecule has 1 aliphatic heterocycles. The van der Waals surface area contributed by atoms with E-state index in [2.05, 4.69) is 15.6 Å². The van der Waals surface area contributed by atoms with Gasteiger partial charge in [-0.05, 0) is 74.9 Å². The fraction of sp³-hybridized carbons (Fsp3) is 0.333. The Bertz CT molecular complexity index is 1600. The number of hydrogen-bond donors (Lipinski definition) is 2. The third kappa shape index (κ3) is 5.08. The first kappa shape index (κ1) is 26.3. The van der Waals surface area contributed by atoms with Crippen molar-refractivity contribution in [1.82, 2.24) is 4.98 Å². The topological polar surface area (TPSA) is 101 Å². The monoisotopic (exact) mass is 530 g/mol. The van der Waals surface area contributed by atoms with Crippen LogP contribution in [0.3, 0.4) is 0 Å². The molecule has 4 aromatic rings. The van der Waals surface area contributed by atoms with E-state index in [1.54, 1.807) is 6.07 Å². The van der Waals surface area contributed by atoms with Crippen molar-refractivity contribution in [3.05, 3.63) is 86.1 Å². The predicted octanol–water partition coefficient (Wildman–Crippen LogP) is 4.60. The second-order valence-electron chi connectivity index (χ2n) is 10.3. The average Bonchev–Trinajstić information content (AvgIpc) is 3.25. The van der Waals surface area contributed by atoms with Gasteiger partial charge in [0, 0.05) is 35.3 Å². The molecule has 0 bridgehead atoms. The summed E-state index contributed by atoms with van der Waals surface area (Å²) in [5.41, 5.74) is 1.77. The summed E-state index contributed by atoms with van der Waals surface area (Å²) in [6.45, 7) is 5.94. The van der Waals surface area contributed by atoms with Crippen LogP contribution in [0.2, 0.25) is 0 Å². The van der Waals surface area contributed by atoms with Crippen LogP contribution >= 0.6 is 0 Å². The summed E-state index contributed by atoms with van der Waals surface area (Å²) in [6, 6.07) is 13.3. The summed E-state index contributed by atoms with van der Waals surface area (Å²) in [7, 11) is 1.29. The van der Waals surface area contributed by atoms with Gasteiger partial charge >= 0.3 is 5.97 Å². The van der Waals surface area contributed by atoms with E-state index in [0.29, 0.717) is 16.9 Å². The van der Waals surface area contributed by atoms with Crippen LogP contribution in [0, 0.1) is 12.7 Å². The normalized spacial score (nSPS) is 17.9. The van der Waals surface area contributed by atoms with Gasteiger partial charge in [0.2, 0.25) is 0 Å². The lowest BCUT2D eigenvalue weighted by atomic mass is 10.0. The minimum Gasteiger partial charge on any atom is -0.467 e. The first-order valence-electron chi connectivity index (χ1n) is 13.0. The number of esters is 1. The molecule has 39 heavy (non-hydrogen) atoms. The summed E-state index contributed by atoms with van der Waals surface area (Å²) in [5, 5.41) is 7.83. The highest BCUT2D eigenvalue weighted by Crippen LogP contribution is 2.33. The van der Waals surface area contributed by atoms with Gasteiger partial charge in [0.25, 0.3) is 10.9 Å². The molecule has 0 radical (unpaired) electrons. The van der Waals surface area contributed by atoms with Crippen LogP contribution in [0.5, 0.6) is 0 Å². The van der Waals surface area contributed by atoms with Gasteiger partial charge in [0.05, 0.1) is 7.11 Å². The van der Waals surface area contributed by atoms with E-state index in [-0.39, 0.29) is 30.0 Å². The highest BCUT2D eigenvalue weighted by Gasteiger charge is 2.36. The zero-order valence-electron chi connectivity index (χ0n) is 22.4. The molecule has 1 aromatic heterocycles. The summed E-state index contributed by atoms with van der Waals surface area (Å²) >= 11 is 0. The number of benzene rings is 2. The lowest BCUT2D eigenvalue weighted by molar-refractivity contribution is -0.141. The van der Waals surface area contributed by atoms with E-state index in [1.165, 1.54) is 19.2 Å². The van der Waals surface area contributed by atoms with Gasteiger partial charge in [-0.3, -0.25) is 9.59 Å². The van der Waals surface area contributed by atoms with E-state index in [4.69, 9.17) is 4.74 Å². The first-order valence-corrected chi connectivity index (χ1v) is 13.0. The Morgan fingerprint density at radius 2 is 1.77 bits per heavy atom. The Hall–Kier alpha value is -4.27. The molecule has 0 spiro atoms. The fourth-order valence-corrected chi connectivity index (χ4v) is 5.45. The molecular formula is C30H31FN4O4. The summed E-state index contributed by atoms with van der Waals surface area (Å²) in [6.07, 6.45) is 2.11. The number of aryl methyl sites for hydroxylation is 1. The maximum absolute atomic E-state index is 13.9. The number of pyridine rings is 1. The molecule has 0 amide bonds. The van der Waals surface area contributed by atoms with E-state index < -0.39 is 22.9 Å². The number of rotatable bonds is 8. The maximum atomic E-state index is 13.9. The Balaban J connectivity index is 1.35. The molecule has 2 heterocycles. The molecule has 0 unspecified atom stereocenters. The number of carbonyl (C=O) groups excluding carboxylic acids is 1. The van der Waals surface area contributed by atoms with Crippen LogP contribution in [0.15, 0.2) is 58.1 Å². The SMILES string of the molecule is COC(=O)[C@H](Cc1ccc(Nc2nc(C)cc3ccc(F)cc23)cc1)Nc1c(N2[C@H](C)CC[C@@H]2C)c(=O)c1=O. The lowest BCUT2D eigenvalue weighted by Gasteiger charge is -2.32. The Morgan fingerprint density at radius 1 is 1.08 bits per heavy atom. The highest BCUT2D eigenvalue weighted by atomic mass is 19.1. The predicted molar refractivity (Wildman–Crippen MR) is 151 cm³/mol. The molecule has 3 atom stereocenters. The first-order chi connectivity index (χ1) is 18.7. The molecule has 2 N–H and O–H groups in total. The lowest BCUT2D eigenvalue weighted by Crippen LogP contribution is -2.48. The largest absolute Gasteiger partial charge is 0.467 e. The number of nitrogens with zero attached hydrogens (tertiary/aromatic N) is 2. The quantitative estimate of drug-likeness (QED) is 0.252. The second-order valence-corrected chi connectivity index (χ2v) is 10.3. The number of anilines is 4. The number of nitrogens with one attached hydrogen (secondary N) is 2. The van der Waals surface area contributed by atoms with Crippen molar-refractivity contribution in [2.75, 3.05) is 22.6 Å². The molecular weight excluding hydrogens is 499 g/mol. The van der Waals surface area contributed by atoms with Crippen molar-refractivity contribution < 1.29 is 13.9 Å². The van der Waals surface area contributed by atoms with Gasteiger partial charge < -0.3 is 20.3 Å². The third-order valence-electron chi connectivity index (χ3n) is 7.48. The van der Waals surface area contributed by atoms with E-state index in [0.717, 1.165) is 35.2 Å². The van der Waals surface area contributed by atoms with Crippen molar-refractivity contribution in [3.8, 4) is 0 Å². The molecule has 8 nitrogen and oxygen atoms in total. The van der Waals surface area contributed by atoms with Gasteiger partial charge in [-0.2, -0.15) is 0 Å². The van der Waals surface area contributed by atoms with Crippen LogP contribution in [0.4, 0.5) is 27.3 Å². The van der Waals surface area contributed by atoms with Crippen molar-refractivity contribution >= 4 is 39.6 Å². The van der Waals surface area contributed by atoms with Crippen LogP contribution in [-0.2, 0) is 16.0 Å². The molecule has 3 aromatic carbocycles. The van der Waals surface area contributed by atoms with Crippen molar-refractivity contribution in [1.29, 1.82) is 0 Å². The highest BCUT2D eigenvalue weighted by molar-refractivity contribution is 5.93. The number of aromatic nitrogens is 1. The molecule has 1 saturated heterocycles. The molecule has 202 valence electrons. The van der Waals surface area contributed by atoms with Crippen LogP contribution in [-0.4, -0.2) is 36.2 Å². The minimum absolute atomic E-state index is 0.136. The van der Waals surface area contributed by atoms with Crippen molar-refractivity contribution in [2.24, 2.45) is 0 Å². The minimum atomic E-state index is -0.852.